The second-order valence-corrected chi connectivity index (χ2v) is 10.9. The molecule has 4 aromatic rings. The van der Waals surface area contributed by atoms with E-state index < -0.39 is 0 Å². The number of hydrogen-bond acceptors (Lipinski definition) is 10. The molecule has 0 spiro atoms. The predicted molar refractivity (Wildman–Crippen MR) is 157 cm³/mol. The molecule has 1 fully saturated rings. The van der Waals surface area contributed by atoms with Crippen LogP contribution in [0.5, 0.6) is 0 Å². The molecule has 0 saturated carbocycles. The van der Waals surface area contributed by atoms with Gasteiger partial charge in [-0.25, -0.2) is 4.98 Å². The van der Waals surface area contributed by atoms with Crippen molar-refractivity contribution in [3.8, 4) is 0 Å². The van der Waals surface area contributed by atoms with Crippen molar-refractivity contribution >= 4 is 60.6 Å². The van der Waals surface area contributed by atoms with Crippen LogP contribution in [0.15, 0.2) is 53.9 Å². The number of aryl methyl sites for hydroxylation is 3. The maximum Gasteiger partial charge on any atom is 0.201 e. The van der Waals surface area contributed by atoms with Crippen LogP contribution in [0.25, 0.3) is 0 Å². The molecule has 2 aromatic heterocycles. The summed E-state index contributed by atoms with van der Waals surface area (Å²) in [6.45, 7) is 8.48. The third kappa shape index (κ3) is 5.95. The second kappa shape index (κ2) is 11.0. The zero-order valence-electron chi connectivity index (χ0n) is 20.7. The van der Waals surface area contributed by atoms with E-state index in [2.05, 4.69) is 92.7 Å². The standard InChI is InChI=1S/C26H32N8S2/c1-17-15-21(29-32-24-10-11-25(36-24)34-12-4-5-13-34)7-8-22(17)30-28-20-6-9-23(18(2)14-20)31-33-26-27-19(3)16-35-26/h6-11,14-16,28-32H,4-5,12-13H2,1-3H3,(H,27,33). The van der Waals surface area contributed by atoms with Crippen LogP contribution in [0.4, 0.5) is 37.9 Å². The van der Waals surface area contributed by atoms with E-state index in [9.17, 15) is 0 Å². The molecule has 2 aromatic carbocycles. The molecule has 1 saturated heterocycles. The first-order chi connectivity index (χ1) is 17.5. The molecule has 0 radical (unpaired) electrons. The Morgan fingerprint density at radius 1 is 0.722 bits per heavy atom. The van der Waals surface area contributed by atoms with E-state index >= 15 is 0 Å². The van der Waals surface area contributed by atoms with Gasteiger partial charge in [-0.15, -0.1) is 11.3 Å². The monoisotopic (exact) mass is 520 g/mol. The zero-order valence-corrected chi connectivity index (χ0v) is 22.4. The highest BCUT2D eigenvalue weighted by atomic mass is 32.1. The molecule has 5 rings (SSSR count). The van der Waals surface area contributed by atoms with Gasteiger partial charge in [0.05, 0.1) is 33.4 Å². The number of aromatic nitrogens is 1. The molecule has 188 valence electrons. The van der Waals surface area contributed by atoms with Gasteiger partial charge in [0.25, 0.3) is 0 Å². The van der Waals surface area contributed by atoms with Crippen molar-refractivity contribution in [3.05, 3.63) is 70.7 Å². The molecule has 10 heteroatoms. The Morgan fingerprint density at radius 2 is 1.36 bits per heavy atom. The Hall–Kier alpha value is -3.63. The fourth-order valence-corrected chi connectivity index (χ4v) is 5.62. The highest BCUT2D eigenvalue weighted by Crippen LogP contribution is 2.32. The maximum atomic E-state index is 4.41. The topological polar surface area (TPSA) is 88.3 Å². The number of nitrogens with one attached hydrogen (secondary N) is 6. The SMILES string of the molecule is Cc1csc(NNc2ccc(NNc3ccc(NNc4ccc(N5CCCC5)s4)cc3C)cc2C)n1. The lowest BCUT2D eigenvalue weighted by atomic mass is 10.2. The van der Waals surface area contributed by atoms with Gasteiger partial charge in [0.15, 0.2) is 0 Å². The fourth-order valence-electron chi connectivity index (χ4n) is 4.07. The first kappa shape index (κ1) is 24.1. The van der Waals surface area contributed by atoms with Gasteiger partial charge in [0, 0.05) is 18.5 Å². The molecule has 0 aliphatic carbocycles. The third-order valence-corrected chi connectivity index (χ3v) is 7.99. The van der Waals surface area contributed by atoms with Crippen molar-refractivity contribution in [2.24, 2.45) is 0 Å². The van der Waals surface area contributed by atoms with Crippen LogP contribution in [0.2, 0.25) is 0 Å². The van der Waals surface area contributed by atoms with E-state index in [4.69, 9.17) is 0 Å². The largest absolute Gasteiger partial charge is 0.363 e. The molecule has 36 heavy (non-hydrogen) atoms. The minimum atomic E-state index is 0.849. The van der Waals surface area contributed by atoms with Gasteiger partial charge in [0.2, 0.25) is 5.13 Å². The van der Waals surface area contributed by atoms with Crippen LogP contribution in [0.3, 0.4) is 0 Å². The van der Waals surface area contributed by atoms with E-state index in [0.717, 1.165) is 49.7 Å². The molecule has 1 aliphatic rings. The van der Waals surface area contributed by atoms with Crippen LogP contribution in [-0.2, 0) is 0 Å². The minimum absolute atomic E-state index is 0.849. The number of hydrazine groups is 3. The summed E-state index contributed by atoms with van der Waals surface area (Å²) in [7, 11) is 0. The smallest absolute Gasteiger partial charge is 0.201 e. The summed E-state index contributed by atoms with van der Waals surface area (Å²) in [4.78, 5) is 6.86. The van der Waals surface area contributed by atoms with E-state index in [0.29, 0.717) is 0 Å². The van der Waals surface area contributed by atoms with E-state index in [1.54, 1.807) is 22.7 Å². The summed E-state index contributed by atoms with van der Waals surface area (Å²) in [6, 6.07) is 16.8. The van der Waals surface area contributed by atoms with Crippen molar-refractivity contribution in [2.45, 2.75) is 33.6 Å². The molecule has 0 bridgehead atoms. The normalized spacial score (nSPS) is 12.9. The zero-order chi connectivity index (χ0) is 24.9. The lowest BCUT2D eigenvalue weighted by Crippen LogP contribution is -2.15. The molecule has 3 heterocycles. The number of thiophene rings is 1. The molecule has 0 amide bonds. The number of rotatable bonds is 10. The summed E-state index contributed by atoms with van der Waals surface area (Å²) in [5.41, 5.74) is 27.0. The molecular weight excluding hydrogens is 488 g/mol. The maximum absolute atomic E-state index is 4.41. The van der Waals surface area contributed by atoms with Crippen LogP contribution >= 0.6 is 22.7 Å². The highest BCUT2D eigenvalue weighted by Gasteiger charge is 2.14. The van der Waals surface area contributed by atoms with E-state index in [1.807, 2.05) is 24.4 Å². The number of nitrogens with zero attached hydrogens (tertiary/aromatic N) is 2. The lowest BCUT2D eigenvalue weighted by molar-refractivity contribution is 0.949. The first-order valence-electron chi connectivity index (χ1n) is 12.1. The average Bonchev–Trinajstić information content (AvgIpc) is 3.64. The Bertz CT molecular complexity index is 1310. The number of hydrogen-bond donors (Lipinski definition) is 6. The van der Waals surface area contributed by atoms with Gasteiger partial charge in [-0.05, 0) is 93.3 Å². The van der Waals surface area contributed by atoms with Crippen LogP contribution in [0.1, 0.15) is 29.7 Å². The quantitative estimate of drug-likeness (QED) is 0.124. The Kier molecular flexibility index (Phi) is 7.33. The van der Waals surface area contributed by atoms with Gasteiger partial charge >= 0.3 is 0 Å². The lowest BCUT2D eigenvalue weighted by Gasteiger charge is -2.16. The predicted octanol–water partition coefficient (Wildman–Crippen LogP) is 7.05. The van der Waals surface area contributed by atoms with Crippen LogP contribution < -0.4 is 37.5 Å². The van der Waals surface area contributed by atoms with Gasteiger partial charge < -0.3 is 21.2 Å². The number of benzene rings is 2. The summed E-state index contributed by atoms with van der Waals surface area (Å²) < 4.78 is 0. The molecule has 8 nitrogen and oxygen atoms in total. The van der Waals surface area contributed by atoms with Gasteiger partial charge in [-0.2, -0.15) is 0 Å². The molecule has 0 unspecified atom stereocenters. The van der Waals surface area contributed by atoms with Gasteiger partial charge in [0.1, 0.15) is 5.00 Å². The Labute approximate surface area is 220 Å². The summed E-state index contributed by atoms with van der Waals surface area (Å²) in [5, 5.41) is 5.32. The van der Waals surface area contributed by atoms with Crippen LogP contribution in [-0.4, -0.2) is 18.1 Å². The van der Waals surface area contributed by atoms with Crippen molar-refractivity contribution in [1.82, 2.24) is 4.98 Å². The first-order valence-corrected chi connectivity index (χ1v) is 13.8. The van der Waals surface area contributed by atoms with Crippen molar-refractivity contribution in [3.63, 3.8) is 0 Å². The fraction of sp³-hybridized carbons (Fsp3) is 0.269. The number of anilines is 7. The average molecular weight is 521 g/mol. The third-order valence-electron chi connectivity index (χ3n) is 6.06. The second-order valence-electron chi connectivity index (χ2n) is 8.94. The van der Waals surface area contributed by atoms with Crippen molar-refractivity contribution < 1.29 is 0 Å². The van der Waals surface area contributed by atoms with Crippen molar-refractivity contribution in [1.29, 1.82) is 0 Å². The summed E-state index contributed by atoms with van der Waals surface area (Å²) >= 11 is 3.36. The summed E-state index contributed by atoms with van der Waals surface area (Å²) in [6.07, 6.45) is 2.58. The molecule has 6 N–H and O–H groups in total. The highest BCUT2D eigenvalue weighted by molar-refractivity contribution is 7.20. The Morgan fingerprint density at radius 3 is 1.97 bits per heavy atom. The minimum Gasteiger partial charge on any atom is -0.363 e. The summed E-state index contributed by atoms with van der Waals surface area (Å²) in [5.74, 6) is 0. The Balaban J connectivity index is 1.12. The van der Waals surface area contributed by atoms with Gasteiger partial charge in [-0.1, -0.05) is 11.3 Å². The molecule has 1 aliphatic heterocycles. The van der Waals surface area contributed by atoms with Gasteiger partial charge in [-0.3, -0.25) is 16.3 Å². The molecular formula is C26H32N8S2. The van der Waals surface area contributed by atoms with Crippen LogP contribution in [0, 0.1) is 20.8 Å². The molecule has 0 atom stereocenters. The van der Waals surface area contributed by atoms with E-state index in [-0.39, 0.29) is 0 Å². The van der Waals surface area contributed by atoms with E-state index in [1.165, 1.54) is 30.9 Å². The number of thiazole rings is 1. The van der Waals surface area contributed by atoms with Crippen molar-refractivity contribution in [2.75, 3.05) is 50.5 Å².